The number of thioether (sulfide) groups is 1. The fraction of sp³-hybridized carbons (Fsp3) is 0.478. The predicted molar refractivity (Wildman–Crippen MR) is 117 cm³/mol. The van der Waals surface area contributed by atoms with Gasteiger partial charge in [0, 0.05) is 23.8 Å². The molecule has 1 amide bonds. The van der Waals surface area contributed by atoms with Crippen LogP contribution in [0.25, 0.3) is 0 Å². The molecule has 1 aliphatic rings. The molecule has 2 aromatic heterocycles. The number of aromatic nitrogens is 2. The lowest BCUT2D eigenvalue weighted by molar-refractivity contribution is -0.115. The Morgan fingerprint density at radius 1 is 1.38 bits per heavy atom. The van der Waals surface area contributed by atoms with E-state index in [1.165, 1.54) is 17.3 Å². The molecule has 1 N–H and O–H groups in total. The third kappa shape index (κ3) is 5.16. The summed E-state index contributed by atoms with van der Waals surface area (Å²) in [6.45, 7) is 8.80. The Morgan fingerprint density at radius 2 is 2.10 bits per heavy atom. The highest BCUT2D eigenvalue weighted by Crippen LogP contribution is 2.38. The van der Waals surface area contributed by atoms with Crippen molar-refractivity contribution in [2.24, 2.45) is 11.3 Å². The molecule has 0 spiro atoms. The molecule has 0 aromatic carbocycles. The lowest BCUT2D eigenvalue weighted by Gasteiger charge is -2.34. The molecule has 0 bridgehead atoms. The number of carbonyl (C=O) groups excluding carboxylic acids is 1. The normalized spacial score (nSPS) is 17.1. The molecule has 0 fully saturated rings. The fourth-order valence-corrected chi connectivity index (χ4v) is 4.67. The van der Waals surface area contributed by atoms with Crippen molar-refractivity contribution in [2.75, 3.05) is 5.32 Å². The molecule has 152 valence electrons. The van der Waals surface area contributed by atoms with Crippen LogP contribution in [0.1, 0.15) is 57.4 Å². The van der Waals surface area contributed by atoms with Crippen molar-refractivity contribution in [2.45, 2.75) is 63.7 Å². The third-order valence-corrected chi connectivity index (χ3v) is 6.93. The standard InChI is InChI=1S/C23H28N4OS/c1-5-20(21(28)26-18-8-10-25-11-9-18)29-22-16(14-24)12-15-13-17(23(2,3)4)6-7-19(15)27-22/h8-12,17,20H,5-7,13H2,1-4H3,(H,25,26,28). The summed E-state index contributed by atoms with van der Waals surface area (Å²) in [6, 6.07) is 7.82. The van der Waals surface area contributed by atoms with E-state index in [0.717, 1.165) is 30.6 Å². The SMILES string of the molecule is CCC(Sc1nc2c(cc1C#N)CC(C(C)(C)C)CC2)C(=O)Nc1ccncc1. The van der Waals surface area contributed by atoms with Gasteiger partial charge in [0.05, 0.1) is 10.8 Å². The number of fused-ring (bicyclic) bond motifs is 1. The summed E-state index contributed by atoms with van der Waals surface area (Å²) in [7, 11) is 0. The first-order valence-corrected chi connectivity index (χ1v) is 11.0. The van der Waals surface area contributed by atoms with Gasteiger partial charge in [0.2, 0.25) is 5.91 Å². The summed E-state index contributed by atoms with van der Waals surface area (Å²) < 4.78 is 0. The highest BCUT2D eigenvalue weighted by atomic mass is 32.2. The van der Waals surface area contributed by atoms with E-state index in [0.29, 0.717) is 22.9 Å². The summed E-state index contributed by atoms with van der Waals surface area (Å²) in [4.78, 5) is 21.5. The number of amides is 1. The Labute approximate surface area is 177 Å². The van der Waals surface area contributed by atoms with Gasteiger partial charge in [0.1, 0.15) is 11.1 Å². The first-order valence-electron chi connectivity index (χ1n) is 10.1. The number of nitrogens with zero attached hydrogens (tertiary/aromatic N) is 3. The highest BCUT2D eigenvalue weighted by molar-refractivity contribution is 8.00. The average molecular weight is 409 g/mol. The quantitative estimate of drug-likeness (QED) is 0.704. The number of pyridine rings is 2. The Bertz CT molecular complexity index is 915. The minimum atomic E-state index is -0.313. The molecule has 0 saturated carbocycles. The Balaban J connectivity index is 1.80. The lowest BCUT2D eigenvalue weighted by Crippen LogP contribution is -2.28. The van der Waals surface area contributed by atoms with Crippen LogP contribution in [0.3, 0.4) is 0 Å². The molecule has 5 nitrogen and oxygen atoms in total. The van der Waals surface area contributed by atoms with Crippen molar-refractivity contribution in [1.82, 2.24) is 9.97 Å². The zero-order valence-electron chi connectivity index (χ0n) is 17.5. The van der Waals surface area contributed by atoms with Crippen molar-refractivity contribution in [3.63, 3.8) is 0 Å². The van der Waals surface area contributed by atoms with Crippen LogP contribution in [0.2, 0.25) is 0 Å². The van der Waals surface area contributed by atoms with Gasteiger partial charge in [-0.05, 0) is 60.8 Å². The lowest BCUT2D eigenvalue weighted by atomic mass is 9.71. The number of anilines is 1. The van der Waals surface area contributed by atoms with Gasteiger partial charge in [-0.25, -0.2) is 4.98 Å². The maximum atomic E-state index is 12.7. The van der Waals surface area contributed by atoms with Crippen molar-refractivity contribution in [1.29, 1.82) is 5.26 Å². The van der Waals surface area contributed by atoms with E-state index >= 15 is 0 Å². The van der Waals surface area contributed by atoms with Gasteiger partial charge in [-0.3, -0.25) is 9.78 Å². The van der Waals surface area contributed by atoms with Crippen molar-refractivity contribution in [3.05, 3.63) is 47.4 Å². The second kappa shape index (κ2) is 8.96. The van der Waals surface area contributed by atoms with E-state index in [-0.39, 0.29) is 16.6 Å². The fourth-order valence-electron chi connectivity index (χ4n) is 3.67. The summed E-state index contributed by atoms with van der Waals surface area (Å²) >= 11 is 1.39. The van der Waals surface area contributed by atoms with Gasteiger partial charge >= 0.3 is 0 Å². The summed E-state index contributed by atoms with van der Waals surface area (Å²) in [5, 5.41) is 13.0. The van der Waals surface area contributed by atoms with E-state index in [2.05, 4.69) is 37.1 Å². The van der Waals surface area contributed by atoms with Crippen molar-refractivity contribution >= 4 is 23.4 Å². The number of carbonyl (C=O) groups is 1. The average Bonchev–Trinajstić information content (AvgIpc) is 2.70. The Morgan fingerprint density at radius 3 is 2.72 bits per heavy atom. The minimum absolute atomic E-state index is 0.0834. The van der Waals surface area contributed by atoms with Crippen LogP contribution in [0.4, 0.5) is 5.69 Å². The zero-order chi connectivity index (χ0) is 21.0. The number of hydrogen-bond donors (Lipinski definition) is 1. The minimum Gasteiger partial charge on any atom is -0.325 e. The van der Waals surface area contributed by atoms with Crippen LogP contribution in [-0.4, -0.2) is 21.1 Å². The van der Waals surface area contributed by atoms with Crippen LogP contribution in [0, 0.1) is 22.7 Å². The molecule has 29 heavy (non-hydrogen) atoms. The van der Waals surface area contributed by atoms with Gasteiger partial charge in [0.25, 0.3) is 0 Å². The van der Waals surface area contributed by atoms with Crippen LogP contribution in [0.15, 0.2) is 35.6 Å². The molecule has 2 aromatic rings. The largest absolute Gasteiger partial charge is 0.325 e. The first-order chi connectivity index (χ1) is 13.8. The maximum Gasteiger partial charge on any atom is 0.237 e. The molecule has 3 rings (SSSR count). The molecule has 0 radical (unpaired) electrons. The molecule has 2 heterocycles. The second-order valence-electron chi connectivity index (χ2n) is 8.60. The topological polar surface area (TPSA) is 78.7 Å². The van der Waals surface area contributed by atoms with Crippen molar-refractivity contribution < 1.29 is 4.79 Å². The molecular weight excluding hydrogens is 380 g/mol. The molecule has 1 aliphatic carbocycles. The first kappa shape index (κ1) is 21.3. The van der Waals surface area contributed by atoms with E-state index in [9.17, 15) is 10.1 Å². The third-order valence-electron chi connectivity index (χ3n) is 5.56. The van der Waals surface area contributed by atoms with E-state index in [1.54, 1.807) is 24.5 Å². The number of aryl methyl sites for hydroxylation is 1. The smallest absolute Gasteiger partial charge is 0.237 e. The van der Waals surface area contributed by atoms with Gasteiger partial charge in [-0.2, -0.15) is 5.26 Å². The van der Waals surface area contributed by atoms with Gasteiger partial charge in [0.15, 0.2) is 0 Å². The Hall–Kier alpha value is -2.39. The van der Waals surface area contributed by atoms with Crippen LogP contribution in [0.5, 0.6) is 0 Å². The predicted octanol–water partition coefficient (Wildman–Crippen LogP) is 5.01. The van der Waals surface area contributed by atoms with Crippen molar-refractivity contribution in [3.8, 4) is 6.07 Å². The van der Waals surface area contributed by atoms with Gasteiger partial charge in [-0.1, -0.05) is 39.5 Å². The number of nitriles is 1. The summed E-state index contributed by atoms with van der Waals surface area (Å²) in [5.41, 5.74) is 3.80. The van der Waals surface area contributed by atoms with Gasteiger partial charge < -0.3 is 5.32 Å². The molecule has 2 unspecified atom stereocenters. The van der Waals surface area contributed by atoms with Crippen LogP contribution in [-0.2, 0) is 17.6 Å². The van der Waals surface area contributed by atoms with E-state index in [4.69, 9.17) is 4.98 Å². The maximum absolute atomic E-state index is 12.7. The summed E-state index contributed by atoms with van der Waals surface area (Å²) in [6.07, 6.45) is 6.94. The molecule has 2 atom stereocenters. The molecule has 0 aliphatic heterocycles. The highest BCUT2D eigenvalue weighted by Gasteiger charge is 2.30. The Kier molecular flexibility index (Phi) is 6.59. The monoisotopic (exact) mass is 408 g/mol. The number of hydrogen-bond acceptors (Lipinski definition) is 5. The second-order valence-corrected chi connectivity index (χ2v) is 9.80. The number of rotatable bonds is 5. The number of nitrogens with one attached hydrogen (secondary N) is 1. The summed E-state index contributed by atoms with van der Waals surface area (Å²) in [5.74, 6) is 0.510. The van der Waals surface area contributed by atoms with E-state index in [1.807, 2.05) is 13.0 Å². The zero-order valence-corrected chi connectivity index (χ0v) is 18.3. The molecule has 0 saturated heterocycles. The van der Waals surface area contributed by atoms with Gasteiger partial charge in [-0.15, -0.1) is 0 Å². The van der Waals surface area contributed by atoms with E-state index < -0.39 is 0 Å². The molecule has 6 heteroatoms. The van der Waals surface area contributed by atoms with Crippen LogP contribution < -0.4 is 5.32 Å². The molecular formula is C23H28N4OS. The van der Waals surface area contributed by atoms with Crippen LogP contribution >= 0.6 is 11.8 Å².